The number of rotatable bonds is 1. The first-order valence-corrected chi connectivity index (χ1v) is 5.13. The average Bonchev–Trinajstić information content (AvgIpc) is 2.95. The lowest BCUT2D eigenvalue weighted by atomic mass is 10.2. The smallest absolute Gasteiger partial charge is 0.116 e. The molecule has 3 rings (SSSR count). The van der Waals surface area contributed by atoms with Gasteiger partial charge >= 0.3 is 0 Å². The number of aromatic hydroxyl groups is 1. The molecule has 1 aliphatic carbocycles. The van der Waals surface area contributed by atoms with Crippen LogP contribution in [-0.2, 0) is 0 Å². The number of phenolic OH excluding ortho intramolecular Hbond substituents is 1. The van der Waals surface area contributed by atoms with Crippen LogP contribution in [0.4, 0.5) is 0 Å². The van der Waals surface area contributed by atoms with Gasteiger partial charge in [0.15, 0.2) is 0 Å². The number of hydrogen-bond acceptors (Lipinski definition) is 1. The van der Waals surface area contributed by atoms with Gasteiger partial charge in [-0.15, -0.1) is 0 Å². The molecular weight excluding hydrogens is 198 g/mol. The molecule has 1 fully saturated rings. The first-order chi connectivity index (χ1) is 6.75. The first kappa shape index (κ1) is 8.18. The van der Waals surface area contributed by atoms with Crippen LogP contribution < -0.4 is 0 Å². The number of hydrogen-bond donors (Lipinski definition) is 2. The minimum Gasteiger partial charge on any atom is -0.508 e. The van der Waals surface area contributed by atoms with E-state index in [2.05, 4.69) is 4.98 Å². The molecule has 0 bridgehead atoms. The largest absolute Gasteiger partial charge is 0.508 e. The van der Waals surface area contributed by atoms with Gasteiger partial charge in [0.2, 0.25) is 0 Å². The number of halogens is 1. The van der Waals surface area contributed by atoms with E-state index in [1.807, 2.05) is 6.07 Å². The van der Waals surface area contributed by atoms with Gasteiger partial charge in [0.05, 0.1) is 5.02 Å². The summed E-state index contributed by atoms with van der Waals surface area (Å²) in [5, 5.41) is 11.0. The number of H-pyrrole nitrogens is 1. The number of nitrogens with one attached hydrogen (secondary N) is 1. The van der Waals surface area contributed by atoms with Gasteiger partial charge in [-0.2, -0.15) is 0 Å². The zero-order valence-electron chi connectivity index (χ0n) is 7.55. The van der Waals surface area contributed by atoms with Crippen LogP contribution in [0.2, 0.25) is 5.02 Å². The summed E-state index contributed by atoms with van der Waals surface area (Å²) < 4.78 is 0. The number of fused-ring (bicyclic) bond motifs is 1. The van der Waals surface area contributed by atoms with Crippen LogP contribution in [0.25, 0.3) is 10.9 Å². The van der Waals surface area contributed by atoms with E-state index in [0.29, 0.717) is 5.92 Å². The molecule has 0 amide bonds. The number of benzene rings is 1. The van der Waals surface area contributed by atoms with E-state index in [-0.39, 0.29) is 5.75 Å². The second-order valence-corrected chi connectivity index (χ2v) is 4.23. The van der Waals surface area contributed by atoms with Crippen molar-refractivity contribution in [3.05, 3.63) is 28.9 Å². The first-order valence-electron chi connectivity index (χ1n) is 4.76. The summed E-state index contributed by atoms with van der Waals surface area (Å²) in [5.74, 6) is 0.873. The van der Waals surface area contributed by atoms with Gasteiger partial charge in [-0.1, -0.05) is 11.6 Å². The van der Waals surface area contributed by atoms with Crippen molar-refractivity contribution in [1.82, 2.24) is 4.98 Å². The van der Waals surface area contributed by atoms with Crippen LogP contribution in [0.1, 0.15) is 24.5 Å². The van der Waals surface area contributed by atoms with Crippen molar-refractivity contribution < 1.29 is 5.11 Å². The molecule has 0 unspecified atom stereocenters. The van der Waals surface area contributed by atoms with Gasteiger partial charge in [-0.25, -0.2) is 0 Å². The molecule has 72 valence electrons. The summed E-state index contributed by atoms with van der Waals surface area (Å²) in [7, 11) is 0. The Hall–Kier alpha value is -1.15. The predicted octanol–water partition coefficient (Wildman–Crippen LogP) is 3.40. The van der Waals surface area contributed by atoms with Crippen LogP contribution >= 0.6 is 11.6 Å². The molecule has 2 N–H and O–H groups in total. The highest BCUT2D eigenvalue weighted by molar-refractivity contribution is 6.36. The standard InChI is InChI=1S/C11H10ClNO/c12-10-8-5-7(14)3-4-9(8)13-11(10)6-1-2-6/h3-6,13-14H,1-2H2. The lowest BCUT2D eigenvalue weighted by Crippen LogP contribution is -1.77. The molecule has 2 aromatic rings. The zero-order chi connectivity index (χ0) is 9.71. The molecule has 1 aliphatic rings. The summed E-state index contributed by atoms with van der Waals surface area (Å²) >= 11 is 6.22. The van der Waals surface area contributed by atoms with Gasteiger partial charge in [0.1, 0.15) is 5.75 Å². The third kappa shape index (κ3) is 1.11. The third-order valence-electron chi connectivity index (χ3n) is 2.73. The average molecular weight is 208 g/mol. The van der Waals surface area contributed by atoms with Crippen LogP contribution in [0.5, 0.6) is 5.75 Å². The minimum absolute atomic E-state index is 0.265. The van der Waals surface area contributed by atoms with Crippen LogP contribution in [0, 0.1) is 0 Å². The van der Waals surface area contributed by atoms with Crippen LogP contribution in [0.15, 0.2) is 18.2 Å². The predicted molar refractivity (Wildman–Crippen MR) is 56.9 cm³/mol. The number of aromatic amines is 1. The molecule has 14 heavy (non-hydrogen) atoms. The Morgan fingerprint density at radius 2 is 2.14 bits per heavy atom. The topological polar surface area (TPSA) is 36.0 Å². The fourth-order valence-corrected chi connectivity index (χ4v) is 2.18. The van der Waals surface area contributed by atoms with Crippen molar-refractivity contribution in [3.63, 3.8) is 0 Å². The van der Waals surface area contributed by atoms with Crippen molar-refractivity contribution in [3.8, 4) is 5.75 Å². The molecule has 1 saturated carbocycles. The van der Waals surface area contributed by atoms with Gasteiger partial charge in [0, 0.05) is 22.5 Å². The second kappa shape index (κ2) is 2.67. The third-order valence-corrected chi connectivity index (χ3v) is 3.14. The Kier molecular flexibility index (Phi) is 1.56. The van der Waals surface area contributed by atoms with Gasteiger partial charge in [-0.05, 0) is 31.0 Å². The Bertz CT molecular complexity index is 499. The van der Waals surface area contributed by atoms with Crippen molar-refractivity contribution in [2.75, 3.05) is 0 Å². The summed E-state index contributed by atoms with van der Waals surface area (Å²) in [6, 6.07) is 5.24. The molecule has 0 atom stereocenters. The monoisotopic (exact) mass is 207 g/mol. The molecule has 0 saturated heterocycles. The number of aromatic nitrogens is 1. The molecule has 0 aliphatic heterocycles. The molecule has 1 aromatic carbocycles. The highest BCUT2D eigenvalue weighted by Gasteiger charge is 2.28. The van der Waals surface area contributed by atoms with Gasteiger partial charge in [0.25, 0.3) is 0 Å². The molecular formula is C11H10ClNO. The maximum Gasteiger partial charge on any atom is 0.116 e. The van der Waals surface area contributed by atoms with Crippen molar-refractivity contribution in [1.29, 1.82) is 0 Å². The Balaban J connectivity index is 2.29. The SMILES string of the molecule is Oc1ccc2[nH]c(C3CC3)c(Cl)c2c1. The molecule has 0 radical (unpaired) electrons. The lowest BCUT2D eigenvalue weighted by Gasteiger charge is -1.92. The number of phenols is 1. The highest BCUT2D eigenvalue weighted by atomic mass is 35.5. The molecule has 0 spiro atoms. The van der Waals surface area contributed by atoms with Gasteiger partial charge in [-0.3, -0.25) is 0 Å². The van der Waals surface area contributed by atoms with E-state index in [9.17, 15) is 5.11 Å². The summed E-state index contributed by atoms with van der Waals surface area (Å²) in [6.45, 7) is 0. The quantitative estimate of drug-likeness (QED) is 0.739. The van der Waals surface area contributed by atoms with E-state index in [1.54, 1.807) is 12.1 Å². The van der Waals surface area contributed by atoms with E-state index in [1.165, 1.54) is 12.8 Å². The maximum atomic E-state index is 9.35. The van der Waals surface area contributed by atoms with E-state index >= 15 is 0 Å². The fraction of sp³-hybridized carbons (Fsp3) is 0.273. The molecule has 2 nitrogen and oxygen atoms in total. The normalized spacial score (nSPS) is 16.4. The Labute approximate surface area is 86.5 Å². The summed E-state index contributed by atoms with van der Waals surface area (Å²) in [6.07, 6.45) is 2.44. The lowest BCUT2D eigenvalue weighted by molar-refractivity contribution is 0.476. The molecule has 1 aromatic heterocycles. The van der Waals surface area contributed by atoms with Crippen LogP contribution in [0.3, 0.4) is 0 Å². The van der Waals surface area contributed by atoms with E-state index in [4.69, 9.17) is 11.6 Å². The molecule has 3 heteroatoms. The zero-order valence-corrected chi connectivity index (χ0v) is 8.30. The molecule has 1 heterocycles. The van der Waals surface area contributed by atoms with E-state index < -0.39 is 0 Å². The van der Waals surface area contributed by atoms with E-state index in [0.717, 1.165) is 21.6 Å². The minimum atomic E-state index is 0.265. The Morgan fingerprint density at radius 1 is 1.36 bits per heavy atom. The Morgan fingerprint density at radius 3 is 2.86 bits per heavy atom. The summed E-state index contributed by atoms with van der Waals surface area (Å²) in [4.78, 5) is 3.31. The van der Waals surface area contributed by atoms with Crippen molar-refractivity contribution in [2.24, 2.45) is 0 Å². The summed E-state index contributed by atoms with van der Waals surface area (Å²) in [5.41, 5.74) is 2.14. The second-order valence-electron chi connectivity index (χ2n) is 3.86. The fourth-order valence-electron chi connectivity index (χ4n) is 1.82. The van der Waals surface area contributed by atoms with Gasteiger partial charge < -0.3 is 10.1 Å². The highest BCUT2D eigenvalue weighted by Crippen LogP contribution is 2.45. The van der Waals surface area contributed by atoms with Crippen molar-refractivity contribution >= 4 is 22.5 Å². The van der Waals surface area contributed by atoms with Crippen LogP contribution in [-0.4, -0.2) is 10.1 Å². The van der Waals surface area contributed by atoms with Crippen molar-refractivity contribution in [2.45, 2.75) is 18.8 Å². The maximum absolute atomic E-state index is 9.35.